The zero-order valence-corrected chi connectivity index (χ0v) is 10.2. The van der Waals surface area contributed by atoms with Crippen molar-refractivity contribution in [3.63, 3.8) is 0 Å². The maximum absolute atomic E-state index is 3.46. The molecule has 2 nitrogen and oxygen atoms in total. The average molecular weight is 206 g/mol. The van der Waals surface area contributed by atoms with E-state index in [1.165, 1.54) is 5.56 Å². The Bertz CT molecular complexity index is 257. The van der Waals surface area contributed by atoms with E-state index in [1.807, 2.05) is 19.1 Å². The molecular formula is C13H22N2. The first-order valence-corrected chi connectivity index (χ1v) is 5.58. The molecule has 1 unspecified atom stereocenters. The lowest BCUT2D eigenvalue weighted by molar-refractivity contribution is 0.224. The van der Waals surface area contributed by atoms with Gasteiger partial charge >= 0.3 is 0 Å². The number of hydrogen-bond acceptors (Lipinski definition) is 2. The normalized spacial score (nSPS) is 13.5. The maximum atomic E-state index is 3.46. The summed E-state index contributed by atoms with van der Waals surface area (Å²) in [6.45, 7) is 4.51. The standard InChI is InChI=1S/C13H22N2/c1-11(2)10-13(14-15(3)4)12-8-6-5-7-9-12/h5-9,11,13-14H,10H2,1-4H3. The zero-order valence-electron chi connectivity index (χ0n) is 10.2. The minimum Gasteiger partial charge on any atom is -0.250 e. The fourth-order valence-electron chi connectivity index (χ4n) is 1.73. The van der Waals surface area contributed by atoms with Gasteiger partial charge in [-0.15, -0.1) is 0 Å². The van der Waals surface area contributed by atoms with Crippen molar-refractivity contribution in [3.05, 3.63) is 35.9 Å². The van der Waals surface area contributed by atoms with Gasteiger partial charge in [-0.05, 0) is 17.9 Å². The van der Waals surface area contributed by atoms with E-state index in [2.05, 4.69) is 49.6 Å². The average Bonchev–Trinajstić information content (AvgIpc) is 2.17. The Balaban J connectivity index is 2.72. The first-order chi connectivity index (χ1) is 7.09. The van der Waals surface area contributed by atoms with E-state index < -0.39 is 0 Å². The molecular weight excluding hydrogens is 184 g/mol. The second-order valence-electron chi connectivity index (χ2n) is 4.62. The quantitative estimate of drug-likeness (QED) is 0.745. The number of nitrogens with zero attached hydrogens (tertiary/aromatic N) is 1. The molecule has 0 saturated carbocycles. The molecule has 0 fully saturated rings. The molecule has 0 bridgehead atoms. The molecule has 2 heteroatoms. The highest BCUT2D eigenvalue weighted by Crippen LogP contribution is 2.20. The SMILES string of the molecule is CC(C)CC(NN(C)C)c1ccccc1. The smallest absolute Gasteiger partial charge is 0.0466 e. The molecule has 1 aromatic rings. The van der Waals surface area contributed by atoms with Gasteiger partial charge in [-0.2, -0.15) is 0 Å². The molecule has 0 spiro atoms. The Morgan fingerprint density at radius 3 is 2.20 bits per heavy atom. The first kappa shape index (κ1) is 12.2. The molecule has 0 amide bonds. The number of hydrogen-bond donors (Lipinski definition) is 1. The first-order valence-electron chi connectivity index (χ1n) is 5.58. The van der Waals surface area contributed by atoms with Gasteiger partial charge in [-0.3, -0.25) is 5.01 Å². The van der Waals surface area contributed by atoms with E-state index in [0.29, 0.717) is 12.0 Å². The van der Waals surface area contributed by atoms with Crippen LogP contribution in [0.4, 0.5) is 0 Å². The Morgan fingerprint density at radius 2 is 1.73 bits per heavy atom. The highest BCUT2D eigenvalue weighted by molar-refractivity contribution is 5.18. The zero-order chi connectivity index (χ0) is 11.3. The lowest BCUT2D eigenvalue weighted by Gasteiger charge is -2.25. The summed E-state index contributed by atoms with van der Waals surface area (Å²) in [7, 11) is 4.08. The van der Waals surface area contributed by atoms with Crippen molar-refractivity contribution < 1.29 is 0 Å². The molecule has 0 heterocycles. The largest absolute Gasteiger partial charge is 0.250 e. The van der Waals surface area contributed by atoms with E-state index in [1.54, 1.807) is 0 Å². The van der Waals surface area contributed by atoms with E-state index in [0.717, 1.165) is 6.42 Å². The van der Waals surface area contributed by atoms with Gasteiger partial charge in [-0.1, -0.05) is 44.2 Å². The monoisotopic (exact) mass is 206 g/mol. The van der Waals surface area contributed by atoms with Crippen LogP contribution in [-0.4, -0.2) is 19.1 Å². The van der Waals surface area contributed by atoms with Crippen LogP contribution in [0.5, 0.6) is 0 Å². The molecule has 15 heavy (non-hydrogen) atoms. The van der Waals surface area contributed by atoms with Gasteiger partial charge < -0.3 is 0 Å². The second kappa shape index (κ2) is 5.89. The number of hydrazine groups is 1. The highest BCUT2D eigenvalue weighted by atomic mass is 15.5. The van der Waals surface area contributed by atoms with E-state index >= 15 is 0 Å². The fourth-order valence-corrected chi connectivity index (χ4v) is 1.73. The summed E-state index contributed by atoms with van der Waals surface area (Å²) in [6.07, 6.45) is 1.15. The van der Waals surface area contributed by atoms with Crippen molar-refractivity contribution >= 4 is 0 Å². The van der Waals surface area contributed by atoms with Crippen molar-refractivity contribution in [3.8, 4) is 0 Å². The van der Waals surface area contributed by atoms with Gasteiger partial charge in [-0.25, -0.2) is 5.43 Å². The highest BCUT2D eigenvalue weighted by Gasteiger charge is 2.12. The number of rotatable bonds is 5. The number of nitrogens with one attached hydrogen (secondary N) is 1. The van der Waals surface area contributed by atoms with E-state index in [9.17, 15) is 0 Å². The molecule has 0 aliphatic carbocycles. The van der Waals surface area contributed by atoms with Crippen LogP contribution in [0.25, 0.3) is 0 Å². The van der Waals surface area contributed by atoms with Crippen molar-refractivity contribution in [2.24, 2.45) is 5.92 Å². The lowest BCUT2D eigenvalue weighted by atomic mass is 9.98. The second-order valence-corrected chi connectivity index (χ2v) is 4.62. The summed E-state index contributed by atoms with van der Waals surface area (Å²) in [4.78, 5) is 0. The van der Waals surface area contributed by atoms with Crippen LogP contribution in [-0.2, 0) is 0 Å². The minimum atomic E-state index is 0.418. The van der Waals surface area contributed by atoms with Gasteiger partial charge in [0, 0.05) is 20.1 Å². The summed E-state index contributed by atoms with van der Waals surface area (Å²) < 4.78 is 0. The summed E-state index contributed by atoms with van der Waals surface area (Å²) in [5, 5.41) is 2.03. The van der Waals surface area contributed by atoms with E-state index in [4.69, 9.17) is 0 Å². The van der Waals surface area contributed by atoms with Crippen molar-refractivity contribution in [2.75, 3.05) is 14.1 Å². The van der Waals surface area contributed by atoms with Crippen LogP contribution >= 0.6 is 0 Å². The molecule has 0 aliphatic heterocycles. The summed E-state index contributed by atoms with van der Waals surface area (Å²) in [5.41, 5.74) is 4.82. The minimum absolute atomic E-state index is 0.418. The number of benzene rings is 1. The molecule has 1 aromatic carbocycles. The summed E-state index contributed by atoms with van der Waals surface area (Å²) in [6, 6.07) is 11.0. The molecule has 1 atom stereocenters. The molecule has 84 valence electrons. The predicted octanol–water partition coefficient (Wildman–Crippen LogP) is 2.84. The molecule has 1 rings (SSSR count). The van der Waals surface area contributed by atoms with Gasteiger partial charge in [0.15, 0.2) is 0 Å². The van der Waals surface area contributed by atoms with Crippen LogP contribution in [0, 0.1) is 5.92 Å². The third kappa shape index (κ3) is 4.45. The van der Waals surface area contributed by atoms with Gasteiger partial charge in [0.1, 0.15) is 0 Å². The van der Waals surface area contributed by atoms with E-state index in [-0.39, 0.29) is 0 Å². The molecule has 0 saturated heterocycles. The summed E-state index contributed by atoms with van der Waals surface area (Å²) in [5.74, 6) is 0.697. The van der Waals surface area contributed by atoms with Crippen molar-refractivity contribution in [1.29, 1.82) is 0 Å². The molecule has 1 N–H and O–H groups in total. The Hall–Kier alpha value is -0.860. The Kier molecular flexibility index (Phi) is 4.79. The Morgan fingerprint density at radius 1 is 1.13 bits per heavy atom. The molecule has 0 aromatic heterocycles. The van der Waals surface area contributed by atoms with Crippen LogP contribution in [0.2, 0.25) is 0 Å². The molecule has 0 aliphatic rings. The van der Waals surface area contributed by atoms with Crippen LogP contribution in [0.1, 0.15) is 31.9 Å². The van der Waals surface area contributed by atoms with Crippen LogP contribution in [0.3, 0.4) is 0 Å². The van der Waals surface area contributed by atoms with Crippen LogP contribution in [0.15, 0.2) is 30.3 Å². The van der Waals surface area contributed by atoms with Crippen molar-refractivity contribution in [2.45, 2.75) is 26.3 Å². The topological polar surface area (TPSA) is 15.3 Å². The third-order valence-corrected chi connectivity index (χ3v) is 2.32. The Labute approximate surface area is 93.3 Å². The van der Waals surface area contributed by atoms with Crippen molar-refractivity contribution in [1.82, 2.24) is 10.4 Å². The third-order valence-electron chi connectivity index (χ3n) is 2.32. The summed E-state index contributed by atoms with van der Waals surface area (Å²) >= 11 is 0. The van der Waals surface area contributed by atoms with Gasteiger partial charge in [0.25, 0.3) is 0 Å². The van der Waals surface area contributed by atoms with Gasteiger partial charge in [0.05, 0.1) is 0 Å². The van der Waals surface area contributed by atoms with Crippen LogP contribution < -0.4 is 5.43 Å². The maximum Gasteiger partial charge on any atom is 0.0466 e. The predicted molar refractivity (Wildman–Crippen MR) is 65.5 cm³/mol. The lowest BCUT2D eigenvalue weighted by Crippen LogP contribution is -2.34. The molecule has 0 radical (unpaired) electrons. The fraction of sp³-hybridized carbons (Fsp3) is 0.538. The van der Waals surface area contributed by atoms with Gasteiger partial charge in [0.2, 0.25) is 0 Å².